The molecule has 16 heavy (non-hydrogen) atoms. The molecule has 0 amide bonds. The minimum Gasteiger partial charge on any atom is -0.347 e. The second kappa shape index (κ2) is 5.46. The molecule has 4 heteroatoms. The smallest absolute Gasteiger partial charge is 0.0925 e. The molecule has 1 aromatic rings. The summed E-state index contributed by atoms with van der Waals surface area (Å²) >= 11 is 0. The lowest BCUT2D eigenvalue weighted by Gasteiger charge is -2.29. The van der Waals surface area contributed by atoms with E-state index in [9.17, 15) is 0 Å². The molecule has 1 atom stereocenters. The lowest BCUT2D eigenvalue weighted by molar-refractivity contribution is 0.246. The predicted octanol–water partition coefficient (Wildman–Crippen LogP) is 1.16. The van der Waals surface area contributed by atoms with E-state index in [1.807, 2.05) is 0 Å². The van der Waals surface area contributed by atoms with E-state index in [1.54, 1.807) is 6.33 Å². The van der Waals surface area contributed by atoms with E-state index in [-0.39, 0.29) is 0 Å². The number of rotatable bonds is 5. The van der Waals surface area contributed by atoms with Gasteiger partial charge in [-0.1, -0.05) is 13.8 Å². The molecule has 90 valence electrons. The lowest BCUT2D eigenvalue weighted by atomic mass is 10.0. The van der Waals surface area contributed by atoms with Crippen molar-refractivity contribution in [2.45, 2.75) is 39.3 Å². The summed E-state index contributed by atoms with van der Waals surface area (Å²) < 4.78 is 0. The molecule has 0 spiro atoms. The monoisotopic (exact) mass is 222 g/mol. The van der Waals surface area contributed by atoms with Crippen molar-refractivity contribution in [2.24, 2.45) is 0 Å². The number of nitrogens with one attached hydrogen (secondary N) is 2. The first-order chi connectivity index (χ1) is 7.83. The highest BCUT2D eigenvalue weighted by molar-refractivity contribution is 5.15. The van der Waals surface area contributed by atoms with E-state index < -0.39 is 0 Å². The van der Waals surface area contributed by atoms with Crippen LogP contribution in [0, 0.1) is 0 Å². The van der Waals surface area contributed by atoms with Gasteiger partial charge in [-0.25, -0.2) is 4.98 Å². The van der Waals surface area contributed by atoms with Gasteiger partial charge in [0.2, 0.25) is 0 Å². The van der Waals surface area contributed by atoms with E-state index in [4.69, 9.17) is 0 Å². The fourth-order valence-corrected chi connectivity index (χ4v) is 2.37. The molecular weight excluding hydrogens is 200 g/mol. The van der Waals surface area contributed by atoms with Crippen molar-refractivity contribution in [3.63, 3.8) is 0 Å². The number of hydrogen-bond donors (Lipinski definition) is 2. The van der Waals surface area contributed by atoms with E-state index in [1.165, 1.54) is 24.4 Å². The molecule has 0 fully saturated rings. The average molecular weight is 222 g/mol. The van der Waals surface area contributed by atoms with Crippen LogP contribution >= 0.6 is 0 Å². The summed E-state index contributed by atoms with van der Waals surface area (Å²) in [6, 6.07) is 0.558. The van der Waals surface area contributed by atoms with Crippen LogP contribution in [0.3, 0.4) is 0 Å². The second-order valence-electron chi connectivity index (χ2n) is 4.50. The number of nitrogens with zero attached hydrogens (tertiary/aromatic N) is 2. The van der Waals surface area contributed by atoms with Gasteiger partial charge < -0.3 is 15.2 Å². The molecule has 0 saturated carbocycles. The van der Waals surface area contributed by atoms with Gasteiger partial charge in [0.15, 0.2) is 0 Å². The Kier molecular flexibility index (Phi) is 3.96. The Hall–Kier alpha value is -0.870. The van der Waals surface area contributed by atoms with Crippen LogP contribution < -0.4 is 5.32 Å². The number of aromatic amines is 1. The van der Waals surface area contributed by atoms with E-state index >= 15 is 0 Å². The second-order valence-corrected chi connectivity index (χ2v) is 4.50. The summed E-state index contributed by atoms with van der Waals surface area (Å²) in [4.78, 5) is 10.1. The average Bonchev–Trinajstić information content (AvgIpc) is 2.75. The van der Waals surface area contributed by atoms with Gasteiger partial charge in [-0.2, -0.15) is 0 Å². The minimum absolute atomic E-state index is 0.558. The van der Waals surface area contributed by atoms with Gasteiger partial charge in [-0.05, 0) is 19.5 Å². The summed E-state index contributed by atoms with van der Waals surface area (Å²) in [6.45, 7) is 8.88. The summed E-state index contributed by atoms with van der Waals surface area (Å²) in [5.41, 5.74) is 2.51. The maximum absolute atomic E-state index is 4.37. The van der Waals surface area contributed by atoms with Gasteiger partial charge in [-0.3, -0.25) is 0 Å². The van der Waals surface area contributed by atoms with E-state index in [0.717, 1.165) is 26.1 Å². The Morgan fingerprint density at radius 1 is 1.50 bits per heavy atom. The zero-order valence-electron chi connectivity index (χ0n) is 10.3. The van der Waals surface area contributed by atoms with Crippen molar-refractivity contribution in [3.05, 3.63) is 17.7 Å². The molecule has 4 nitrogen and oxygen atoms in total. The van der Waals surface area contributed by atoms with Crippen LogP contribution in [0.5, 0.6) is 0 Å². The molecule has 1 unspecified atom stereocenters. The third-order valence-corrected chi connectivity index (χ3v) is 3.28. The predicted molar refractivity (Wildman–Crippen MR) is 65.3 cm³/mol. The number of H-pyrrole nitrogens is 1. The normalized spacial score (nSPS) is 20.1. The van der Waals surface area contributed by atoms with Crippen LogP contribution in [-0.4, -0.2) is 40.5 Å². The molecule has 1 aliphatic heterocycles. The highest BCUT2D eigenvalue weighted by Gasteiger charge is 2.21. The maximum Gasteiger partial charge on any atom is 0.0925 e. The molecule has 0 bridgehead atoms. The van der Waals surface area contributed by atoms with Crippen LogP contribution in [-0.2, 0) is 13.0 Å². The third-order valence-electron chi connectivity index (χ3n) is 3.28. The van der Waals surface area contributed by atoms with Crippen molar-refractivity contribution < 1.29 is 0 Å². The first-order valence-corrected chi connectivity index (χ1v) is 6.30. The zero-order chi connectivity index (χ0) is 11.4. The summed E-state index contributed by atoms with van der Waals surface area (Å²) in [7, 11) is 0. The molecule has 1 aromatic heterocycles. The van der Waals surface area contributed by atoms with E-state index in [2.05, 4.69) is 34.0 Å². The van der Waals surface area contributed by atoms with Crippen LogP contribution in [0.15, 0.2) is 6.33 Å². The topological polar surface area (TPSA) is 44.0 Å². The van der Waals surface area contributed by atoms with Crippen molar-refractivity contribution >= 4 is 0 Å². The summed E-state index contributed by atoms with van der Waals surface area (Å²) in [5, 5.41) is 3.57. The number of fused-ring (bicyclic) bond motifs is 1. The summed E-state index contributed by atoms with van der Waals surface area (Å²) in [5.74, 6) is 0. The first kappa shape index (κ1) is 11.6. The van der Waals surface area contributed by atoms with Crippen molar-refractivity contribution in [2.75, 3.05) is 19.6 Å². The van der Waals surface area contributed by atoms with Crippen molar-refractivity contribution in [1.82, 2.24) is 20.2 Å². The maximum atomic E-state index is 4.37. The highest BCUT2D eigenvalue weighted by atomic mass is 15.1. The van der Waals surface area contributed by atoms with Gasteiger partial charge in [0, 0.05) is 25.6 Å². The molecule has 1 aliphatic rings. The molecule has 0 aromatic carbocycles. The fraction of sp³-hybridized carbons (Fsp3) is 0.750. The van der Waals surface area contributed by atoms with Crippen molar-refractivity contribution in [3.8, 4) is 0 Å². The van der Waals surface area contributed by atoms with Crippen LogP contribution in [0.2, 0.25) is 0 Å². The Labute approximate surface area is 97.4 Å². The lowest BCUT2D eigenvalue weighted by Crippen LogP contribution is -2.44. The molecule has 2 N–H and O–H groups in total. The van der Waals surface area contributed by atoms with Crippen LogP contribution in [0.4, 0.5) is 0 Å². The Bertz CT molecular complexity index is 321. The standard InChI is InChI=1S/C12H22N4/c1-3-5-16(4-2)8-10-6-11-12(7-13-10)15-9-14-11/h9-10,13H,3-8H2,1-2H3,(H,14,15). The third kappa shape index (κ3) is 2.62. The van der Waals surface area contributed by atoms with Gasteiger partial charge in [-0.15, -0.1) is 0 Å². The Morgan fingerprint density at radius 2 is 2.38 bits per heavy atom. The molecule has 2 rings (SSSR count). The highest BCUT2D eigenvalue weighted by Crippen LogP contribution is 2.12. The number of likely N-dealkylation sites (N-methyl/N-ethyl adjacent to an activating group) is 1. The molecule has 0 aliphatic carbocycles. The van der Waals surface area contributed by atoms with Gasteiger partial charge >= 0.3 is 0 Å². The van der Waals surface area contributed by atoms with Crippen molar-refractivity contribution in [1.29, 1.82) is 0 Å². The number of aromatic nitrogens is 2. The molecule has 0 radical (unpaired) electrons. The quantitative estimate of drug-likeness (QED) is 0.785. The summed E-state index contributed by atoms with van der Waals surface area (Å²) in [6.07, 6.45) is 4.09. The van der Waals surface area contributed by atoms with Crippen LogP contribution in [0.1, 0.15) is 31.7 Å². The van der Waals surface area contributed by atoms with E-state index in [0.29, 0.717) is 6.04 Å². The molecule has 2 heterocycles. The zero-order valence-corrected chi connectivity index (χ0v) is 10.3. The molecular formula is C12H22N4. The van der Waals surface area contributed by atoms with Gasteiger partial charge in [0.1, 0.15) is 0 Å². The van der Waals surface area contributed by atoms with Crippen LogP contribution in [0.25, 0.3) is 0 Å². The number of hydrogen-bond acceptors (Lipinski definition) is 3. The van der Waals surface area contributed by atoms with Gasteiger partial charge in [0.05, 0.1) is 17.7 Å². The Morgan fingerprint density at radius 3 is 3.12 bits per heavy atom. The fourth-order valence-electron chi connectivity index (χ4n) is 2.37. The largest absolute Gasteiger partial charge is 0.347 e. The van der Waals surface area contributed by atoms with Gasteiger partial charge in [0.25, 0.3) is 0 Å². The molecule has 0 saturated heterocycles. The first-order valence-electron chi connectivity index (χ1n) is 6.30. The minimum atomic E-state index is 0.558. The SMILES string of the molecule is CCCN(CC)CC1Cc2nc[nH]c2CN1. The Balaban J connectivity index is 1.88. The number of imidazole rings is 1.